The Morgan fingerprint density at radius 3 is 2.18 bits per heavy atom. The topological polar surface area (TPSA) is 43.4 Å². The van der Waals surface area contributed by atoms with E-state index in [4.69, 9.17) is 4.74 Å². The first-order valence-corrected chi connectivity index (χ1v) is 7.78. The predicted octanol–water partition coefficient (Wildman–Crippen LogP) is 3.82. The van der Waals surface area contributed by atoms with Gasteiger partial charge in [-0.05, 0) is 37.7 Å². The Labute approximate surface area is 133 Å². The number of Topliss-reactive ketones (excluding diaryl/α,β-unsaturated/α-hetero) is 1. The fourth-order valence-corrected chi connectivity index (χ4v) is 2.60. The van der Waals surface area contributed by atoms with Gasteiger partial charge in [0.05, 0.1) is 6.10 Å². The molecule has 3 heteroatoms. The molecule has 0 N–H and O–H groups in total. The maximum Gasteiger partial charge on any atom is 0.375 e. The zero-order valence-electron chi connectivity index (χ0n) is 13.9. The highest BCUT2D eigenvalue weighted by Crippen LogP contribution is 2.27. The molecular weight excluding hydrogens is 276 g/mol. The number of ketones is 1. The van der Waals surface area contributed by atoms with Crippen LogP contribution in [0, 0.1) is 17.8 Å². The van der Waals surface area contributed by atoms with Gasteiger partial charge < -0.3 is 4.74 Å². The fraction of sp³-hybridized carbons (Fsp3) is 0.474. The summed E-state index contributed by atoms with van der Waals surface area (Å²) in [5.41, 5.74) is 1.03. The van der Waals surface area contributed by atoms with Crippen molar-refractivity contribution in [2.75, 3.05) is 0 Å². The van der Waals surface area contributed by atoms with Gasteiger partial charge in [0.1, 0.15) is 0 Å². The minimum absolute atomic E-state index is 0.0626. The largest absolute Gasteiger partial charge is 0.457 e. The molecule has 0 radical (unpaired) electrons. The molecule has 0 bridgehead atoms. The third kappa shape index (κ3) is 5.14. The van der Waals surface area contributed by atoms with Crippen LogP contribution in [0.3, 0.4) is 0 Å². The molecule has 0 aliphatic heterocycles. The van der Waals surface area contributed by atoms with Crippen molar-refractivity contribution in [1.29, 1.82) is 0 Å². The van der Waals surface area contributed by atoms with Gasteiger partial charge in [0.2, 0.25) is 5.78 Å². The Kier molecular flexibility index (Phi) is 7.03. The lowest BCUT2D eigenvalue weighted by Gasteiger charge is -2.26. The summed E-state index contributed by atoms with van der Waals surface area (Å²) in [5.74, 6) is -1.49. The lowest BCUT2D eigenvalue weighted by Crippen LogP contribution is -2.35. The maximum atomic E-state index is 12.6. The molecule has 0 aromatic heterocycles. The molecule has 0 spiro atoms. The SMILES string of the molecule is C=C[C@@H](C(C)C)[C@H](Cc1ccccc1)C(=O)C(=O)OC(C)C. The van der Waals surface area contributed by atoms with Gasteiger partial charge in [-0.1, -0.05) is 50.3 Å². The summed E-state index contributed by atoms with van der Waals surface area (Å²) < 4.78 is 5.08. The van der Waals surface area contributed by atoms with Crippen LogP contribution < -0.4 is 0 Å². The van der Waals surface area contributed by atoms with Gasteiger partial charge in [0.25, 0.3) is 0 Å². The second-order valence-corrected chi connectivity index (χ2v) is 6.17. The van der Waals surface area contributed by atoms with Crippen LogP contribution in [-0.4, -0.2) is 17.9 Å². The summed E-state index contributed by atoms with van der Waals surface area (Å²) in [5, 5.41) is 0. The quantitative estimate of drug-likeness (QED) is 0.416. The summed E-state index contributed by atoms with van der Waals surface area (Å²) in [6.07, 6.45) is 2.00. The maximum absolute atomic E-state index is 12.6. The molecule has 0 unspecified atom stereocenters. The fourth-order valence-electron chi connectivity index (χ4n) is 2.60. The number of benzene rings is 1. The molecule has 0 aliphatic rings. The lowest BCUT2D eigenvalue weighted by molar-refractivity contribution is -0.159. The van der Waals surface area contributed by atoms with Crippen LogP contribution in [0.25, 0.3) is 0 Å². The Morgan fingerprint density at radius 1 is 1.14 bits per heavy atom. The minimum Gasteiger partial charge on any atom is -0.457 e. The average molecular weight is 302 g/mol. The van der Waals surface area contributed by atoms with E-state index in [0.29, 0.717) is 6.42 Å². The molecule has 0 aliphatic carbocycles. The normalized spacial score (nSPS) is 13.7. The lowest BCUT2D eigenvalue weighted by atomic mass is 9.77. The Morgan fingerprint density at radius 2 is 1.73 bits per heavy atom. The highest BCUT2D eigenvalue weighted by molar-refractivity contribution is 6.34. The van der Waals surface area contributed by atoms with Crippen LogP contribution in [-0.2, 0) is 20.7 Å². The first-order valence-electron chi connectivity index (χ1n) is 7.78. The first kappa shape index (κ1) is 18.1. The number of ether oxygens (including phenoxy) is 1. The smallest absolute Gasteiger partial charge is 0.375 e. The monoisotopic (exact) mass is 302 g/mol. The van der Waals surface area contributed by atoms with Crippen molar-refractivity contribution < 1.29 is 14.3 Å². The molecule has 22 heavy (non-hydrogen) atoms. The van der Waals surface area contributed by atoms with E-state index in [9.17, 15) is 9.59 Å². The second kappa shape index (κ2) is 8.52. The van der Waals surface area contributed by atoms with E-state index in [0.717, 1.165) is 5.56 Å². The van der Waals surface area contributed by atoms with E-state index in [1.165, 1.54) is 0 Å². The molecule has 3 nitrogen and oxygen atoms in total. The zero-order chi connectivity index (χ0) is 16.7. The van der Waals surface area contributed by atoms with Gasteiger partial charge in [-0.25, -0.2) is 4.79 Å². The summed E-state index contributed by atoms with van der Waals surface area (Å²) in [6.45, 7) is 11.4. The molecule has 1 rings (SSSR count). The van der Waals surface area contributed by atoms with Crippen molar-refractivity contribution in [3.05, 3.63) is 48.6 Å². The van der Waals surface area contributed by atoms with Gasteiger partial charge >= 0.3 is 5.97 Å². The van der Waals surface area contributed by atoms with Crippen LogP contribution in [0.5, 0.6) is 0 Å². The number of carbonyl (C=O) groups is 2. The van der Waals surface area contributed by atoms with E-state index >= 15 is 0 Å². The number of allylic oxidation sites excluding steroid dienone is 1. The zero-order valence-corrected chi connectivity index (χ0v) is 13.9. The average Bonchev–Trinajstić information content (AvgIpc) is 2.46. The molecule has 2 atom stereocenters. The van der Waals surface area contributed by atoms with Gasteiger partial charge in [-0.2, -0.15) is 0 Å². The summed E-state index contributed by atoms with van der Waals surface area (Å²) in [7, 11) is 0. The number of hydrogen-bond donors (Lipinski definition) is 0. The van der Waals surface area contributed by atoms with E-state index < -0.39 is 17.7 Å². The van der Waals surface area contributed by atoms with Crippen LogP contribution >= 0.6 is 0 Å². The van der Waals surface area contributed by atoms with E-state index in [-0.39, 0.29) is 17.9 Å². The summed E-state index contributed by atoms with van der Waals surface area (Å²) in [4.78, 5) is 24.6. The van der Waals surface area contributed by atoms with Crippen molar-refractivity contribution in [3.8, 4) is 0 Å². The van der Waals surface area contributed by atoms with Crippen LogP contribution in [0.1, 0.15) is 33.3 Å². The Balaban J connectivity index is 3.02. The first-order chi connectivity index (χ1) is 10.4. The van der Waals surface area contributed by atoms with Gasteiger partial charge in [0, 0.05) is 5.92 Å². The van der Waals surface area contributed by atoms with E-state index in [1.807, 2.05) is 44.2 Å². The van der Waals surface area contributed by atoms with Crippen molar-refractivity contribution >= 4 is 11.8 Å². The molecule has 0 fully saturated rings. The van der Waals surface area contributed by atoms with Gasteiger partial charge in [0.15, 0.2) is 0 Å². The van der Waals surface area contributed by atoms with Gasteiger partial charge in [-0.3, -0.25) is 4.79 Å². The third-order valence-electron chi connectivity index (χ3n) is 3.69. The molecule has 1 aromatic carbocycles. The highest BCUT2D eigenvalue weighted by Gasteiger charge is 2.34. The molecule has 0 heterocycles. The van der Waals surface area contributed by atoms with Crippen molar-refractivity contribution in [2.24, 2.45) is 17.8 Å². The van der Waals surface area contributed by atoms with Crippen molar-refractivity contribution in [2.45, 2.75) is 40.2 Å². The van der Waals surface area contributed by atoms with E-state index in [2.05, 4.69) is 6.58 Å². The highest BCUT2D eigenvalue weighted by atomic mass is 16.5. The molecular formula is C19H26O3. The number of esters is 1. The van der Waals surface area contributed by atoms with Crippen molar-refractivity contribution in [3.63, 3.8) is 0 Å². The molecule has 0 saturated heterocycles. The molecule has 1 aromatic rings. The standard InChI is InChI=1S/C19H26O3/c1-6-16(13(2)3)17(12-15-10-8-7-9-11-15)18(20)19(21)22-14(4)5/h6-11,13-14,16-17H,1,12H2,2-5H3/t16-,17-/m0/s1. The Hall–Kier alpha value is -1.90. The number of carbonyl (C=O) groups excluding carboxylic acids is 2. The second-order valence-electron chi connectivity index (χ2n) is 6.17. The Bertz CT molecular complexity index is 503. The molecule has 0 amide bonds. The molecule has 0 saturated carbocycles. The third-order valence-corrected chi connectivity index (χ3v) is 3.69. The molecule has 120 valence electrons. The summed E-state index contributed by atoms with van der Waals surface area (Å²) in [6, 6.07) is 9.73. The van der Waals surface area contributed by atoms with Crippen LogP contribution in [0.4, 0.5) is 0 Å². The summed E-state index contributed by atoms with van der Waals surface area (Å²) >= 11 is 0. The van der Waals surface area contributed by atoms with Crippen molar-refractivity contribution in [1.82, 2.24) is 0 Å². The van der Waals surface area contributed by atoms with Crippen LogP contribution in [0.15, 0.2) is 43.0 Å². The minimum atomic E-state index is -0.747. The number of rotatable bonds is 8. The predicted molar refractivity (Wildman–Crippen MR) is 88.4 cm³/mol. The number of hydrogen-bond acceptors (Lipinski definition) is 3. The van der Waals surface area contributed by atoms with E-state index in [1.54, 1.807) is 19.9 Å². The van der Waals surface area contributed by atoms with Crippen LogP contribution in [0.2, 0.25) is 0 Å². The van der Waals surface area contributed by atoms with Gasteiger partial charge in [-0.15, -0.1) is 6.58 Å².